The summed E-state index contributed by atoms with van der Waals surface area (Å²) in [5.74, 6) is -0.237. The van der Waals surface area contributed by atoms with Crippen LogP contribution < -0.4 is 15.0 Å². The fourth-order valence-corrected chi connectivity index (χ4v) is 5.10. The highest BCUT2D eigenvalue weighted by Gasteiger charge is 2.37. The molecule has 0 fully saturated rings. The van der Waals surface area contributed by atoms with Crippen LogP contribution in [0.3, 0.4) is 0 Å². The van der Waals surface area contributed by atoms with Gasteiger partial charge in [-0.2, -0.15) is 0 Å². The summed E-state index contributed by atoms with van der Waals surface area (Å²) < 4.78 is 5.60. The van der Waals surface area contributed by atoms with E-state index in [-0.39, 0.29) is 24.3 Å². The average Bonchev–Trinajstić information content (AvgIpc) is 3.18. The van der Waals surface area contributed by atoms with Gasteiger partial charge in [0, 0.05) is 16.9 Å². The number of anilines is 2. The maximum Gasteiger partial charge on any atom is 0.262 e. The highest BCUT2D eigenvalue weighted by atomic mass is 16.5. The van der Waals surface area contributed by atoms with Crippen molar-refractivity contribution in [3.05, 3.63) is 124 Å². The smallest absolute Gasteiger partial charge is 0.262 e. The van der Waals surface area contributed by atoms with Crippen LogP contribution in [0.25, 0.3) is 0 Å². The van der Waals surface area contributed by atoms with Crippen LogP contribution in [0.1, 0.15) is 53.9 Å². The first-order valence-electron chi connectivity index (χ1n) is 12.3. The molecule has 0 spiro atoms. The van der Waals surface area contributed by atoms with E-state index < -0.39 is 6.17 Å². The number of carbonyl (C=O) groups excluding carboxylic acids is 3. The Labute approximate surface area is 220 Å². The molecule has 0 aliphatic carbocycles. The van der Waals surface area contributed by atoms with E-state index in [0.717, 1.165) is 22.5 Å². The number of hydrogen-bond acceptors (Lipinski definition) is 5. The Balaban J connectivity index is 1.41. The molecule has 7 nitrogen and oxygen atoms in total. The third-order valence-electron chi connectivity index (χ3n) is 7.07. The molecule has 1 N–H and O–H groups in total. The molecule has 1 atom stereocenters. The number of para-hydroxylation sites is 1. The molecule has 0 bridgehead atoms. The van der Waals surface area contributed by atoms with E-state index in [2.05, 4.69) is 5.32 Å². The number of carbonyl (C=O) groups is 3. The largest absolute Gasteiger partial charge is 0.496 e. The van der Waals surface area contributed by atoms with Crippen LogP contribution in [0.4, 0.5) is 11.4 Å². The average molecular weight is 504 g/mol. The topological polar surface area (TPSA) is 79.0 Å². The van der Waals surface area contributed by atoms with Gasteiger partial charge in [0.25, 0.3) is 17.7 Å². The van der Waals surface area contributed by atoms with E-state index in [4.69, 9.17) is 4.74 Å². The Morgan fingerprint density at radius 3 is 2.05 bits per heavy atom. The predicted molar refractivity (Wildman–Crippen MR) is 144 cm³/mol. The Morgan fingerprint density at radius 1 is 0.763 bits per heavy atom. The van der Waals surface area contributed by atoms with Crippen LogP contribution in [0.5, 0.6) is 5.75 Å². The predicted octanol–water partition coefficient (Wildman–Crippen LogP) is 5.57. The first-order chi connectivity index (χ1) is 18.5. The number of fused-ring (bicyclic) bond motifs is 2. The van der Waals surface area contributed by atoms with Crippen LogP contribution >= 0.6 is 0 Å². The van der Waals surface area contributed by atoms with Gasteiger partial charge in [-0.05, 0) is 61.0 Å². The van der Waals surface area contributed by atoms with Gasteiger partial charge in [0.1, 0.15) is 11.9 Å². The Kier molecular flexibility index (Phi) is 5.68. The molecular formula is C31H25N3O4. The molecule has 2 aliphatic heterocycles. The number of benzene rings is 4. The van der Waals surface area contributed by atoms with E-state index in [9.17, 15) is 14.4 Å². The van der Waals surface area contributed by atoms with Gasteiger partial charge in [0.05, 0.1) is 30.3 Å². The molecule has 0 aromatic heterocycles. The van der Waals surface area contributed by atoms with Crippen LogP contribution in [0.2, 0.25) is 0 Å². The Bertz CT molecular complexity index is 1560. The molecule has 38 heavy (non-hydrogen) atoms. The van der Waals surface area contributed by atoms with Crippen molar-refractivity contribution in [2.75, 3.05) is 17.3 Å². The molecule has 0 radical (unpaired) electrons. The summed E-state index contributed by atoms with van der Waals surface area (Å²) >= 11 is 0. The summed E-state index contributed by atoms with van der Waals surface area (Å²) in [4.78, 5) is 42.8. The number of methoxy groups -OCH3 is 1. The molecule has 0 saturated carbocycles. The minimum absolute atomic E-state index is 0.0468. The molecule has 2 heterocycles. The quantitative estimate of drug-likeness (QED) is 0.360. The van der Waals surface area contributed by atoms with E-state index in [1.165, 1.54) is 4.90 Å². The molecule has 188 valence electrons. The summed E-state index contributed by atoms with van der Waals surface area (Å²) in [6.45, 7) is 2.05. The lowest BCUT2D eigenvalue weighted by molar-refractivity contribution is 0.0641. The van der Waals surface area contributed by atoms with Crippen LogP contribution in [-0.2, 0) is 6.54 Å². The number of nitrogens with zero attached hydrogens (tertiary/aromatic N) is 2. The molecule has 2 aliphatic rings. The van der Waals surface area contributed by atoms with Crippen molar-refractivity contribution >= 4 is 29.1 Å². The summed E-state index contributed by atoms with van der Waals surface area (Å²) in [6, 6.07) is 27.7. The summed E-state index contributed by atoms with van der Waals surface area (Å²) in [5, 5.41) is 3.51. The molecule has 3 amide bonds. The zero-order valence-corrected chi connectivity index (χ0v) is 21.0. The Morgan fingerprint density at radius 2 is 1.39 bits per heavy atom. The molecule has 4 aromatic carbocycles. The van der Waals surface area contributed by atoms with Gasteiger partial charge in [-0.15, -0.1) is 0 Å². The fourth-order valence-electron chi connectivity index (χ4n) is 5.10. The van der Waals surface area contributed by atoms with Crippen molar-refractivity contribution in [3.63, 3.8) is 0 Å². The van der Waals surface area contributed by atoms with Gasteiger partial charge < -0.3 is 10.1 Å². The second-order valence-corrected chi connectivity index (χ2v) is 9.42. The monoisotopic (exact) mass is 503 g/mol. The van der Waals surface area contributed by atoms with E-state index in [1.807, 2.05) is 73.7 Å². The number of rotatable bonds is 5. The van der Waals surface area contributed by atoms with E-state index >= 15 is 0 Å². The minimum Gasteiger partial charge on any atom is -0.496 e. The number of hydrogen-bond donors (Lipinski definition) is 1. The van der Waals surface area contributed by atoms with Crippen molar-refractivity contribution in [3.8, 4) is 5.75 Å². The van der Waals surface area contributed by atoms with Crippen molar-refractivity contribution in [2.24, 2.45) is 0 Å². The van der Waals surface area contributed by atoms with Crippen molar-refractivity contribution in [1.29, 1.82) is 0 Å². The van der Waals surface area contributed by atoms with Gasteiger partial charge >= 0.3 is 0 Å². The number of nitrogens with one attached hydrogen (secondary N) is 1. The van der Waals surface area contributed by atoms with Crippen molar-refractivity contribution < 1.29 is 19.1 Å². The molecule has 7 heteroatoms. The van der Waals surface area contributed by atoms with Crippen molar-refractivity contribution in [2.45, 2.75) is 19.6 Å². The van der Waals surface area contributed by atoms with Crippen LogP contribution in [0, 0.1) is 6.92 Å². The van der Waals surface area contributed by atoms with Crippen molar-refractivity contribution in [1.82, 2.24) is 4.90 Å². The van der Waals surface area contributed by atoms with Gasteiger partial charge in [-0.3, -0.25) is 24.2 Å². The molecular weight excluding hydrogens is 478 g/mol. The normalized spacial score (nSPS) is 16.3. The van der Waals surface area contributed by atoms with Crippen LogP contribution in [0.15, 0.2) is 91.0 Å². The van der Waals surface area contributed by atoms with E-state index in [1.54, 1.807) is 36.3 Å². The highest BCUT2D eigenvalue weighted by Crippen LogP contribution is 2.38. The SMILES string of the molecule is COc1ccc([C@H]2Nc3ccccc3C(=O)N2c2ccc(C)cc2)cc1CN1C(=O)c2ccccc2C1=O. The maximum absolute atomic E-state index is 13.7. The second kappa shape index (κ2) is 9.19. The Hall–Kier alpha value is -4.91. The fraction of sp³-hybridized carbons (Fsp3) is 0.129. The third-order valence-corrected chi connectivity index (χ3v) is 7.07. The first-order valence-corrected chi connectivity index (χ1v) is 12.3. The lowest BCUT2D eigenvalue weighted by Crippen LogP contribution is -2.43. The standard InChI is InChI=1S/C31H25N3O4/c1-19-11-14-22(15-12-19)34-28(32-26-10-6-5-9-25(26)31(34)37)20-13-16-27(38-2)21(17-20)18-33-29(35)23-7-3-4-8-24(23)30(33)36/h3-17,28,32H,18H2,1-2H3/t28-/m0/s1. The summed E-state index contributed by atoms with van der Waals surface area (Å²) in [5.41, 5.74) is 5.43. The summed E-state index contributed by atoms with van der Waals surface area (Å²) in [7, 11) is 1.55. The first kappa shape index (κ1) is 23.5. The second-order valence-electron chi connectivity index (χ2n) is 9.42. The number of amides is 3. The van der Waals surface area contributed by atoms with Crippen LogP contribution in [-0.4, -0.2) is 29.7 Å². The number of ether oxygens (including phenoxy) is 1. The number of imide groups is 1. The van der Waals surface area contributed by atoms with E-state index in [0.29, 0.717) is 28.0 Å². The molecule has 0 saturated heterocycles. The zero-order chi connectivity index (χ0) is 26.4. The minimum atomic E-state index is -0.521. The summed E-state index contributed by atoms with van der Waals surface area (Å²) in [6.07, 6.45) is -0.521. The highest BCUT2D eigenvalue weighted by molar-refractivity contribution is 6.21. The maximum atomic E-state index is 13.7. The zero-order valence-electron chi connectivity index (χ0n) is 21.0. The number of aryl methyl sites for hydroxylation is 1. The van der Waals surface area contributed by atoms with Gasteiger partial charge in [0.2, 0.25) is 0 Å². The molecule has 0 unspecified atom stereocenters. The molecule has 4 aromatic rings. The van der Waals surface area contributed by atoms with Gasteiger partial charge in [-0.1, -0.05) is 48.0 Å². The van der Waals surface area contributed by atoms with Gasteiger partial charge in [-0.25, -0.2) is 0 Å². The molecule has 6 rings (SSSR count). The van der Waals surface area contributed by atoms with Gasteiger partial charge in [0.15, 0.2) is 0 Å². The lowest BCUT2D eigenvalue weighted by Gasteiger charge is -2.38. The lowest BCUT2D eigenvalue weighted by atomic mass is 10.00. The third kappa shape index (κ3) is 3.80.